The minimum absolute atomic E-state index is 0.460. The summed E-state index contributed by atoms with van der Waals surface area (Å²) >= 11 is 0. The van der Waals surface area contributed by atoms with Crippen LogP contribution in [0, 0.1) is 0 Å². The molecule has 1 aliphatic carbocycles. The fourth-order valence-electron chi connectivity index (χ4n) is 2.32. The Morgan fingerprint density at radius 1 is 0.750 bits per heavy atom. The number of hydrogen-bond acceptors (Lipinski definition) is 2. The Kier molecular flexibility index (Phi) is 4.81. The molecule has 0 spiro atoms. The molecule has 1 fully saturated rings. The van der Waals surface area contributed by atoms with Gasteiger partial charge in [0.05, 0.1) is 0 Å². The van der Waals surface area contributed by atoms with Gasteiger partial charge in [-0.3, -0.25) is 0 Å². The first-order valence-corrected chi connectivity index (χ1v) is 13.3. The Labute approximate surface area is 103 Å². The standard InChI is InChI=1S/C12H28O2Si2/c1-15(2,3)13-11-8-7-9-12(10-11)14-16(4,5)6/h11-12H,7-10H2,1-6H3/t11-,12-/m1/s1. The highest BCUT2D eigenvalue weighted by molar-refractivity contribution is 6.70. The van der Waals surface area contributed by atoms with Crippen molar-refractivity contribution in [3.05, 3.63) is 0 Å². The maximum Gasteiger partial charge on any atom is 0.184 e. The van der Waals surface area contributed by atoms with Gasteiger partial charge in [-0.2, -0.15) is 0 Å². The summed E-state index contributed by atoms with van der Waals surface area (Å²) in [6, 6.07) is 0. The Bertz CT molecular complexity index is 196. The minimum Gasteiger partial charge on any atom is -0.415 e. The van der Waals surface area contributed by atoms with Crippen LogP contribution in [-0.2, 0) is 8.85 Å². The van der Waals surface area contributed by atoms with E-state index in [-0.39, 0.29) is 0 Å². The van der Waals surface area contributed by atoms with Crippen molar-refractivity contribution in [2.45, 2.75) is 77.2 Å². The van der Waals surface area contributed by atoms with Gasteiger partial charge in [0.15, 0.2) is 16.6 Å². The second-order valence-corrected chi connectivity index (χ2v) is 15.8. The summed E-state index contributed by atoms with van der Waals surface area (Å²) in [6.45, 7) is 13.6. The molecule has 0 radical (unpaired) electrons. The number of rotatable bonds is 4. The van der Waals surface area contributed by atoms with Crippen molar-refractivity contribution in [2.24, 2.45) is 0 Å². The molecule has 2 atom stereocenters. The molecule has 0 aromatic heterocycles. The molecule has 1 aliphatic rings. The van der Waals surface area contributed by atoms with Crippen LogP contribution < -0.4 is 0 Å². The summed E-state index contributed by atoms with van der Waals surface area (Å²) in [7, 11) is -2.75. The molecule has 96 valence electrons. The normalized spacial score (nSPS) is 28.1. The SMILES string of the molecule is C[Si](C)(C)O[C@@H]1CCC[C@@H](O[Si](C)(C)C)C1. The van der Waals surface area contributed by atoms with Gasteiger partial charge in [0.25, 0.3) is 0 Å². The molecule has 4 heteroatoms. The highest BCUT2D eigenvalue weighted by Crippen LogP contribution is 2.27. The first-order valence-electron chi connectivity index (χ1n) is 6.51. The van der Waals surface area contributed by atoms with E-state index < -0.39 is 16.6 Å². The average molecular weight is 261 g/mol. The lowest BCUT2D eigenvalue weighted by atomic mass is 9.95. The summed E-state index contributed by atoms with van der Waals surface area (Å²) < 4.78 is 12.4. The van der Waals surface area contributed by atoms with E-state index in [4.69, 9.17) is 8.85 Å². The van der Waals surface area contributed by atoms with E-state index in [9.17, 15) is 0 Å². The first kappa shape index (κ1) is 14.4. The Hall–Kier alpha value is 0.354. The van der Waals surface area contributed by atoms with Gasteiger partial charge < -0.3 is 8.85 Å². The van der Waals surface area contributed by atoms with E-state index in [0.29, 0.717) is 12.2 Å². The van der Waals surface area contributed by atoms with Crippen molar-refractivity contribution >= 4 is 16.6 Å². The lowest BCUT2D eigenvalue weighted by Gasteiger charge is -2.36. The van der Waals surface area contributed by atoms with Gasteiger partial charge in [0, 0.05) is 12.2 Å². The zero-order valence-corrected chi connectivity index (χ0v) is 13.8. The zero-order chi connectivity index (χ0) is 12.4. The topological polar surface area (TPSA) is 18.5 Å². The second kappa shape index (κ2) is 5.33. The molecular formula is C12H28O2Si2. The third-order valence-corrected chi connectivity index (χ3v) is 4.70. The van der Waals surface area contributed by atoms with Gasteiger partial charge in [-0.15, -0.1) is 0 Å². The zero-order valence-electron chi connectivity index (χ0n) is 11.8. The largest absolute Gasteiger partial charge is 0.415 e. The molecule has 2 nitrogen and oxygen atoms in total. The maximum absolute atomic E-state index is 6.20. The predicted octanol–water partition coefficient (Wildman–Crippen LogP) is 4.00. The van der Waals surface area contributed by atoms with E-state index in [0.717, 1.165) is 6.42 Å². The van der Waals surface area contributed by atoms with Crippen LogP contribution in [0.4, 0.5) is 0 Å². The van der Waals surface area contributed by atoms with Crippen LogP contribution in [0.5, 0.6) is 0 Å². The van der Waals surface area contributed by atoms with E-state index in [2.05, 4.69) is 39.3 Å². The van der Waals surface area contributed by atoms with Crippen molar-refractivity contribution in [3.8, 4) is 0 Å². The second-order valence-electron chi connectivity index (χ2n) is 6.87. The molecule has 0 saturated heterocycles. The van der Waals surface area contributed by atoms with Gasteiger partial charge >= 0.3 is 0 Å². The molecule has 0 aromatic carbocycles. The monoisotopic (exact) mass is 260 g/mol. The van der Waals surface area contributed by atoms with Crippen LogP contribution in [0.3, 0.4) is 0 Å². The van der Waals surface area contributed by atoms with Crippen LogP contribution in [-0.4, -0.2) is 28.8 Å². The molecule has 1 rings (SSSR count). The summed E-state index contributed by atoms with van der Waals surface area (Å²) in [4.78, 5) is 0. The summed E-state index contributed by atoms with van der Waals surface area (Å²) in [5, 5.41) is 0. The van der Waals surface area contributed by atoms with Crippen molar-refractivity contribution in [1.82, 2.24) is 0 Å². The van der Waals surface area contributed by atoms with Crippen LogP contribution in [0.2, 0.25) is 39.3 Å². The van der Waals surface area contributed by atoms with Gasteiger partial charge in [-0.25, -0.2) is 0 Å². The molecular weight excluding hydrogens is 232 g/mol. The van der Waals surface area contributed by atoms with Crippen molar-refractivity contribution in [3.63, 3.8) is 0 Å². The quantitative estimate of drug-likeness (QED) is 0.711. The molecule has 1 saturated carbocycles. The molecule has 0 unspecified atom stereocenters. The van der Waals surface area contributed by atoms with E-state index in [1.807, 2.05) is 0 Å². The Balaban J connectivity index is 2.41. The average Bonchev–Trinajstić information content (AvgIpc) is 1.96. The molecule has 0 aromatic rings. The highest BCUT2D eigenvalue weighted by atomic mass is 28.4. The van der Waals surface area contributed by atoms with Gasteiger partial charge in [0.2, 0.25) is 0 Å². The Morgan fingerprint density at radius 3 is 1.44 bits per heavy atom. The third-order valence-electron chi connectivity index (χ3n) is 2.62. The fourth-order valence-corrected chi connectivity index (χ4v) is 4.74. The summed E-state index contributed by atoms with van der Waals surface area (Å²) in [5.74, 6) is 0. The molecule has 0 N–H and O–H groups in total. The van der Waals surface area contributed by atoms with Crippen molar-refractivity contribution < 1.29 is 8.85 Å². The third kappa shape index (κ3) is 6.18. The molecule has 0 bridgehead atoms. The van der Waals surface area contributed by atoms with Crippen LogP contribution in [0.25, 0.3) is 0 Å². The molecule has 0 heterocycles. The Morgan fingerprint density at radius 2 is 1.12 bits per heavy atom. The lowest BCUT2D eigenvalue weighted by molar-refractivity contribution is 0.0602. The van der Waals surface area contributed by atoms with Gasteiger partial charge in [-0.05, 0) is 65.0 Å². The van der Waals surface area contributed by atoms with Gasteiger partial charge in [-0.1, -0.05) is 0 Å². The molecule has 16 heavy (non-hydrogen) atoms. The summed E-state index contributed by atoms with van der Waals surface area (Å²) in [6.07, 6.45) is 5.77. The van der Waals surface area contributed by atoms with E-state index in [1.165, 1.54) is 19.3 Å². The van der Waals surface area contributed by atoms with Crippen LogP contribution in [0.15, 0.2) is 0 Å². The van der Waals surface area contributed by atoms with Crippen molar-refractivity contribution in [2.75, 3.05) is 0 Å². The van der Waals surface area contributed by atoms with E-state index >= 15 is 0 Å². The summed E-state index contributed by atoms with van der Waals surface area (Å²) in [5.41, 5.74) is 0. The van der Waals surface area contributed by atoms with Crippen LogP contribution >= 0.6 is 0 Å². The maximum atomic E-state index is 6.20. The van der Waals surface area contributed by atoms with Crippen LogP contribution in [0.1, 0.15) is 25.7 Å². The van der Waals surface area contributed by atoms with E-state index in [1.54, 1.807) is 0 Å². The minimum atomic E-state index is -1.38. The molecule has 0 aliphatic heterocycles. The lowest BCUT2D eigenvalue weighted by Crippen LogP contribution is -2.40. The highest BCUT2D eigenvalue weighted by Gasteiger charge is 2.30. The number of hydrogen-bond donors (Lipinski definition) is 0. The van der Waals surface area contributed by atoms with Crippen molar-refractivity contribution in [1.29, 1.82) is 0 Å². The fraction of sp³-hybridized carbons (Fsp3) is 1.00. The smallest absolute Gasteiger partial charge is 0.184 e. The van der Waals surface area contributed by atoms with Gasteiger partial charge in [0.1, 0.15) is 0 Å². The molecule has 0 amide bonds. The first-order chi connectivity index (χ1) is 7.16. The predicted molar refractivity (Wildman–Crippen MR) is 74.9 cm³/mol.